The molecule has 4 heteroatoms. The van der Waals surface area contributed by atoms with Crippen molar-refractivity contribution in [1.29, 1.82) is 0 Å². The van der Waals surface area contributed by atoms with Crippen molar-refractivity contribution >= 4 is 5.78 Å². The van der Waals surface area contributed by atoms with Crippen LogP contribution in [0.15, 0.2) is 18.2 Å². The van der Waals surface area contributed by atoms with Crippen molar-refractivity contribution in [3.8, 4) is 5.75 Å². The fourth-order valence-electron chi connectivity index (χ4n) is 1.77. The average Bonchev–Trinajstić information content (AvgIpc) is 2.36. The molecule has 4 nitrogen and oxygen atoms in total. The van der Waals surface area contributed by atoms with Crippen molar-refractivity contribution in [1.82, 2.24) is 0 Å². The molecule has 0 saturated carbocycles. The molecule has 0 aliphatic heterocycles. The fourth-order valence-corrected chi connectivity index (χ4v) is 1.77. The molecule has 0 saturated heterocycles. The molecule has 0 amide bonds. The number of nitrogens with two attached hydrogens (primary N) is 1. The van der Waals surface area contributed by atoms with Gasteiger partial charge in [-0.25, -0.2) is 0 Å². The Kier molecular flexibility index (Phi) is 5.82. The first kappa shape index (κ1) is 14.7. The molecule has 100 valence electrons. The zero-order valence-corrected chi connectivity index (χ0v) is 11.2. The van der Waals surface area contributed by atoms with E-state index in [9.17, 15) is 4.79 Å². The first-order valence-corrected chi connectivity index (χ1v) is 5.99. The summed E-state index contributed by atoms with van der Waals surface area (Å²) in [6.07, 6.45) is 0.846. The number of aryl methyl sites for hydroxylation is 1. The van der Waals surface area contributed by atoms with Gasteiger partial charge in [0.15, 0.2) is 5.78 Å². The third kappa shape index (κ3) is 4.13. The number of carbonyl (C=O) groups is 1. The van der Waals surface area contributed by atoms with Crippen molar-refractivity contribution in [2.24, 2.45) is 5.73 Å². The number of ether oxygens (including phenoxy) is 2. The van der Waals surface area contributed by atoms with Crippen LogP contribution in [0.25, 0.3) is 0 Å². The van der Waals surface area contributed by atoms with Crippen LogP contribution in [0.4, 0.5) is 0 Å². The summed E-state index contributed by atoms with van der Waals surface area (Å²) >= 11 is 0. The third-order valence-electron chi connectivity index (χ3n) is 2.85. The van der Waals surface area contributed by atoms with E-state index in [0.29, 0.717) is 19.4 Å². The van der Waals surface area contributed by atoms with Gasteiger partial charge in [0.2, 0.25) is 0 Å². The number of ketones is 1. The first-order valence-electron chi connectivity index (χ1n) is 5.99. The van der Waals surface area contributed by atoms with Gasteiger partial charge >= 0.3 is 0 Å². The Morgan fingerprint density at radius 1 is 1.39 bits per heavy atom. The highest BCUT2D eigenvalue weighted by Gasteiger charge is 2.16. The predicted molar refractivity (Wildman–Crippen MR) is 70.9 cm³/mol. The van der Waals surface area contributed by atoms with Crippen molar-refractivity contribution < 1.29 is 14.3 Å². The fraction of sp³-hybridized carbons (Fsp3) is 0.500. The van der Waals surface area contributed by atoms with Crippen LogP contribution < -0.4 is 10.5 Å². The van der Waals surface area contributed by atoms with Gasteiger partial charge in [0.05, 0.1) is 13.2 Å². The number of hydrogen-bond acceptors (Lipinski definition) is 4. The summed E-state index contributed by atoms with van der Waals surface area (Å²) in [5, 5.41) is 0. The predicted octanol–water partition coefficient (Wildman–Crippen LogP) is 1.48. The highest BCUT2D eigenvalue weighted by Crippen LogP contribution is 2.20. The molecular formula is C14H21NO3. The average molecular weight is 251 g/mol. The number of rotatable bonds is 7. The van der Waals surface area contributed by atoms with Gasteiger partial charge in [0.25, 0.3) is 0 Å². The lowest BCUT2D eigenvalue weighted by Crippen LogP contribution is -2.33. The van der Waals surface area contributed by atoms with E-state index in [0.717, 1.165) is 16.9 Å². The molecule has 1 unspecified atom stereocenters. The molecule has 0 aromatic heterocycles. The van der Waals surface area contributed by atoms with E-state index in [1.807, 2.05) is 25.1 Å². The van der Waals surface area contributed by atoms with E-state index in [-0.39, 0.29) is 5.78 Å². The maximum atomic E-state index is 12.0. The molecule has 1 atom stereocenters. The molecule has 2 N–H and O–H groups in total. The van der Waals surface area contributed by atoms with Crippen molar-refractivity contribution in [2.75, 3.05) is 20.8 Å². The summed E-state index contributed by atoms with van der Waals surface area (Å²) in [7, 11) is 3.20. The number of benzene rings is 1. The Morgan fingerprint density at radius 3 is 2.72 bits per heavy atom. The summed E-state index contributed by atoms with van der Waals surface area (Å²) in [6, 6.07) is 5.31. The molecular weight excluding hydrogens is 230 g/mol. The van der Waals surface area contributed by atoms with Crippen molar-refractivity contribution in [2.45, 2.75) is 25.8 Å². The van der Waals surface area contributed by atoms with Gasteiger partial charge in [0.1, 0.15) is 5.75 Å². The van der Waals surface area contributed by atoms with Crippen LogP contribution >= 0.6 is 0 Å². The van der Waals surface area contributed by atoms with E-state index in [1.165, 1.54) is 0 Å². The highest BCUT2D eigenvalue weighted by atomic mass is 16.5. The van der Waals surface area contributed by atoms with Crippen molar-refractivity contribution in [3.63, 3.8) is 0 Å². The normalized spacial score (nSPS) is 12.2. The van der Waals surface area contributed by atoms with Crippen LogP contribution in [-0.4, -0.2) is 32.7 Å². The van der Waals surface area contributed by atoms with Gasteiger partial charge in [-0.15, -0.1) is 0 Å². The molecule has 0 spiro atoms. The first-order chi connectivity index (χ1) is 8.58. The van der Waals surface area contributed by atoms with E-state index >= 15 is 0 Å². The van der Waals surface area contributed by atoms with Crippen molar-refractivity contribution in [3.05, 3.63) is 29.3 Å². The highest BCUT2D eigenvalue weighted by molar-refractivity contribution is 5.86. The van der Waals surface area contributed by atoms with Crippen LogP contribution in [0.1, 0.15) is 17.5 Å². The Morgan fingerprint density at radius 2 is 2.11 bits per heavy atom. The molecule has 0 heterocycles. The van der Waals surface area contributed by atoms with E-state index in [2.05, 4.69) is 0 Å². The minimum atomic E-state index is -0.477. The number of methoxy groups -OCH3 is 2. The lowest BCUT2D eigenvalue weighted by molar-refractivity contribution is -0.120. The number of hydrogen-bond donors (Lipinski definition) is 1. The lowest BCUT2D eigenvalue weighted by atomic mass is 10.00. The van der Waals surface area contributed by atoms with Crippen LogP contribution in [0.3, 0.4) is 0 Å². The molecule has 1 aromatic rings. The Bertz CT molecular complexity index is 404. The Labute approximate surface area is 108 Å². The molecule has 1 aromatic carbocycles. The standard InChI is InChI=1S/C14H21NO3/c1-10-4-5-14(18-3)11(8-10)9-13(16)12(15)6-7-17-2/h4-5,8,12H,6-7,9,15H2,1-3H3. The number of carbonyl (C=O) groups excluding carboxylic acids is 1. The molecule has 0 aliphatic carbocycles. The van der Waals surface area contributed by atoms with Gasteiger partial charge in [-0.2, -0.15) is 0 Å². The SMILES string of the molecule is COCCC(N)C(=O)Cc1cc(C)ccc1OC. The molecule has 0 aliphatic rings. The molecule has 0 bridgehead atoms. The monoisotopic (exact) mass is 251 g/mol. The quantitative estimate of drug-likeness (QED) is 0.797. The second-order valence-corrected chi connectivity index (χ2v) is 4.35. The summed E-state index contributed by atoms with van der Waals surface area (Å²) in [6.45, 7) is 2.48. The minimum absolute atomic E-state index is 0.0101. The lowest BCUT2D eigenvalue weighted by Gasteiger charge is -2.12. The van der Waals surface area contributed by atoms with Gasteiger partial charge in [-0.05, 0) is 19.4 Å². The smallest absolute Gasteiger partial charge is 0.154 e. The zero-order valence-electron chi connectivity index (χ0n) is 11.2. The van der Waals surface area contributed by atoms with Gasteiger partial charge < -0.3 is 15.2 Å². The Hall–Kier alpha value is -1.39. The van der Waals surface area contributed by atoms with E-state index in [4.69, 9.17) is 15.2 Å². The summed E-state index contributed by atoms with van der Waals surface area (Å²) < 4.78 is 10.2. The number of Topliss-reactive ketones (excluding diaryl/α,β-unsaturated/α-hetero) is 1. The summed E-state index contributed by atoms with van der Waals surface area (Å²) in [5.74, 6) is 0.740. The van der Waals surface area contributed by atoms with Crippen LogP contribution in [0.2, 0.25) is 0 Å². The Balaban J connectivity index is 2.71. The van der Waals surface area contributed by atoms with Gasteiger partial charge in [-0.1, -0.05) is 17.7 Å². The maximum Gasteiger partial charge on any atom is 0.154 e. The maximum absolute atomic E-state index is 12.0. The van der Waals surface area contributed by atoms with Crippen LogP contribution in [0.5, 0.6) is 5.75 Å². The molecule has 0 radical (unpaired) electrons. The van der Waals surface area contributed by atoms with Crippen LogP contribution in [-0.2, 0) is 16.0 Å². The summed E-state index contributed by atoms with van der Waals surface area (Å²) in [4.78, 5) is 12.0. The second kappa shape index (κ2) is 7.13. The van der Waals surface area contributed by atoms with Gasteiger partial charge in [-0.3, -0.25) is 4.79 Å². The largest absolute Gasteiger partial charge is 0.496 e. The topological polar surface area (TPSA) is 61.5 Å². The summed E-state index contributed by atoms with van der Waals surface area (Å²) in [5.41, 5.74) is 7.80. The van der Waals surface area contributed by atoms with E-state index < -0.39 is 6.04 Å². The second-order valence-electron chi connectivity index (χ2n) is 4.35. The molecule has 1 rings (SSSR count). The van der Waals surface area contributed by atoms with Crippen LogP contribution in [0, 0.1) is 6.92 Å². The molecule has 0 fully saturated rings. The molecule has 18 heavy (non-hydrogen) atoms. The zero-order chi connectivity index (χ0) is 13.5. The van der Waals surface area contributed by atoms with E-state index in [1.54, 1.807) is 14.2 Å². The minimum Gasteiger partial charge on any atom is -0.496 e. The van der Waals surface area contributed by atoms with Gasteiger partial charge in [0, 0.05) is 25.7 Å². The third-order valence-corrected chi connectivity index (χ3v) is 2.85.